The third-order valence-electron chi connectivity index (χ3n) is 4.69. The molecule has 3 aromatic carbocycles. The van der Waals surface area contributed by atoms with Gasteiger partial charge in [0.15, 0.2) is 23.9 Å². The molecule has 0 saturated heterocycles. The first-order valence-electron chi connectivity index (χ1n) is 9.61. The highest BCUT2D eigenvalue weighted by molar-refractivity contribution is 5.83. The van der Waals surface area contributed by atoms with Gasteiger partial charge in [-0.15, -0.1) is 0 Å². The summed E-state index contributed by atoms with van der Waals surface area (Å²) >= 11 is 0. The number of methoxy groups -OCH3 is 2. The Labute approximate surface area is 179 Å². The summed E-state index contributed by atoms with van der Waals surface area (Å²) in [6.45, 7) is -0.213. The van der Waals surface area contributed by atoms with Gasteiger partial charge in [-0.1, -0.05) is 35.5 Å². The van der Waals surface area contributed by atoms with Gasteiger partial charge in [0.05, 0.1) is 14.2 Å². The number of ether oxygens (including phenoxy) is 4. The Morgan fingerprint density at radius 3 is 2.52 bits per heavy atom. The zero-order valence-corrected chi connectivity index (χ0v) is 17.2. The summed E-state index contributed by atoms with van der Waals surface area (Å²) in [4.78, 5) is 12.0. The van der Waals surface area contributed by atoms with Crippen molar-refractivity contribution < 1.29 is 28.3 Å². The summed E-state index contributed by atoms with van der Waals surface area (Å²) in [6.07, 6.45) is 0. The Bertz CT molecular complexity index is 1200. The van der Waals surface area contributed by atoms with Crippen molar-refractivity contribution in [2.75, 3.05) is 20.8 Å². The molecule has 0 aliphatic heterocycles. The van der Waals surface area contributed by atoms with Crippen molar-refractivity contribution in [3.63, 3.8) is 0 Å². The number of aromatic nitrogens is 1. The van der Waals surface area contributed by atoms with Gasteiger partial charge in [-0.3, -0.25) is 0 Å². The van der Waals surface area contributed by atoms with E-state index in [1.807, 2.05) is 48.5 Å². The average Bonchev–Trinajstić information content (AvgIpc) is 3.30. The first kappa shape index (κ1) is 20.3. The maximum absolute atomic E-state index is 12.0. The van der Waals surface area contributed by atoms with Crippen LogP contribution < -0.4 is 14.2 Å². The topological polar surface area (TPSA) is 80.0 Å². The van der Waals surface area contributed by atoms with E-state index >= 15 is 0 Å². The van der Waals surface area contributed by atoms with Gasteiger partial charge in [0.1, 0.15) is 18.1 Å². The van der Waals surface area contributed by atoms with Crippen LogP contribution in [-0.4, -0.2) is 32.0 Å². The van der Waals surface area contributed by atoms with Crippen molar-refractivity contribution in [3.8, 4) is 28.6 Å². The SMILES string of the molecule is COc1ccc(-c2cc(COC(=O)COc3ccc4ccccc4c3)no2)cc1OC. The molecule has 1 aromatic heterocycles. The lowest BCUT2D eigenvalue weighted by Crippen LogP contribution is -2.14. The van der Waals surface area contributed by atoms with Gasteiger partial charge in [0.25, 0.3) is 0 Å². The Morgan fingerprint density at radius 1 is 0.903 bits per heavy atom. The maximum atomic E-state index is 12.0. The minimum absolute atomic E-state index is 0.0172. The molecule has 7 nitrogen and oxygen atoms in total. The van der Waals surface area contributed by atoms with Crippen LogP contribution in [0.2, 0.25) is 0 Å². The largest absolute Gasteiger partial charge is 0.493 e. The molecule has 0 unspecified atom stereocenters. The molecule has 4 aromatic rings. The molecule has 0 bridgehead atoms. The molecule has 158 valence electrons. The van der Waals surface area contributed by atoms with E-state index in [0.717, 1.165) is 16.3 Å². The molecule has 0 N–H and O–H groups in total. The quantitative estimate of drug-likeness (QED) is 0.385. The fourth-order valence-corrected chi connectivity index (χ4v) is 3.10. The van der Waals surface area contributed by atoms with Crippen molar-refractivity contribution >= 4 is 16.7 Å². The van der Waals surface area contributed by atoms with Gasteiger partial charge >= 0.3 is 5.97 Å². The number of nitrogens with zero attached hydrogens (tertiary/aromatic N) is 1. The monoisotopic (exact) mass is 419 g/mol. The van der Waals surface area contributed by atoms with E-state index in [-0.39, 0.29) is 13.2 Å². The third kappa shape index (κ3) is 4.78. The van der Waals surface area contributed by atoms with Crippen LogP contribution in [0.15, 0.2) is 71.3 Å². The van der Waals surface area contributed by atoms with Crippen LogP contribution in [0, 0.1) is 0 Å². The summed E-state index contributed by atoms with van der Waals surface area (Å²) in [5.74, 6) is 1.83. The predicted octanol–water partition coefficient (Wildman–Crippen LogP) is 4.63. The minimum Gasteiger partial charge on any atom is -0.493 e. The number of carbonyl (C=O) groups excluding carboxylic acids is 1. The number of hydrogen-bond donors (Lipinski definition) is 0. The first-order chi connectivity index (χ1) is 15.2. The standard InChI is InChI=1S/C24H21NO6/c1-27-21-10-8-18(12-23(21)28-2)22-13-19(25-31-22)14-30-24(26)15-29-20-9-7-16-5-3-4-6-17(16)11-20/h3-13H,14-15H2,1-2H3. The molecular formula is C24H21NO6. The maximum Gasteiger partial charge on any atom is 0.344 e. The van der Waals surface area contributed by atoms with Gasteiger partial charge in [0, 0.05) is 11.6 Å². The number of hydrogen-bond acceptors (Lipinski definition) is 7. The molecule has 0 saturated carbocycles. The molecule has 0 spiro atoms. The van der Waals surface area contributed by atoms with Gasteiger partial charge in [-0.25, -0.2) is 4.79 Å². The number of rotatable bonds is 8. The second kappa shape index (κ2) is 9.21. The van der Waals surface area contributed by atoms with Crippen LogP contribution in [-0.2, 0) is 16.1 Å². The van der Waals surface area contributed by atoms with Crippen LogP contribution in [0.25, 0.3) is 22.1 Å². The fraction of sp³-hybridized carbons (Fsp3) is 0.167. The van der Waals surface area contributed by atoms with E-state index in [2.05, 4.69) is 5.16 Å². The lowest BCUT2D eigenvalue weighted by Gasteiger charge is -2.07. The molecule has 0 aliphatic rings. The van der Waals surface area contributed by atoms with Crippen molar-refractivity contribution in [2.45, 2.75) is 6.61 Å². The van der Waals surface area contributed by atoms with Gasteiger partial charge in [-0.2, -0.15) is 0 Å². The molecule has 4 rings (SSSR count). The highest BCUT2D eigenvalue weighted by Crippen LogP contribution is 2.32. The van der Waals surface area contributed by atoms with E-state index < -0.39 is 5.97 Å². The van der Waals surface area contributed by atoms with Gasteiger partial charge < -0.3 is 23.5 Å². The van der Waals surface area contributed by atoms with Crippen LogP contribution >= 0.6 is 0 Å². The number of benzene rings is 3. The fourth-order valence-electron chi connectivity index (χ4n) is 3.10. The van der Waals surface area contributed by atoms with Crippen LogP contribution in [0.4, 0.5) is 0 Å². The summed E-state index contributed by atoms with van der Waals surface area (Å²) in [5.41, 5.74) is 1.26. The van der Waals surface area contributed by atoms with E-state index in [0.29, 0.717) is 28.7 Å². The molecule has 0 fully saturated rings. The number of esters is 1. The molecule has 7 heteroatoms. The van der Waals surface area contributed by atoms with Crippen molar-refractivity contribution in [1.29, 1.82) is 0 Å². The average molecular weight is 419 g/mol. The van der Waals surface area contributed by atoms with Crippen molar-refractivity contribution in [2.24, 2.45) is 0 Å². The Morgan fingerprint density at radius 2 is 1.71 bits per heavy atom. The zero-order valence-electron chi connectivity index (χ0n) is 17.2. The normalized spacial score (nSPS) is 10.6. The molecule has 0 radical (unpaired) electrons. The Hall–Kier alpha value is -4.00. The highest BCUT2D eigenvalue weighted by atomic mass is 16.6. The molecule has 0 atom stereocenters. The number of fused-ring (bicyclic) bond motifs is 1. The Kier molecular flexibility index (Phi) is 6.03. The summed E-state index contributed by atoms with van der Waals surface area (Å²) in [6, 6.07) is 20.7. The third-order valence-corrected chi connectivity index (χ3v) is 4.69. The van der Waals surface area contributed by atoms with Crippen molar-refractivity contribution in [1.82, 2.24) is 5.16 Å². The highest BCUT2D eigenvalue weighted by Gasteiger charge is 2.13. The number of carbonyl (C=O) groups is 1. The second-order valence-corrected chi connectivity index (χ2v) is 6.71. The zero-order chi connectivity index (χ0) is 21.6. The van der Waals surface area contributed by atoms with Crippen LogP contribution in [0.1, 0.15) is 5.69 Å². The van der Waals surface area contributed by atoms with E-state index in [1.165, 1.54) is 0 Å². The lowest BCUT2D eigenvalue weighted by molar-refractivity contribution is -0.147. The smallest absolute Gasteiger partial charge is 0.344 e. The predicted molar refractivity (Wildman–Crippen MR) is 114 cm³/mol. The van der Waals surface area contributed by atoms with Crippen LogP contribution in [0.5, 0.6) is 17.2 Å². The van der Waals surface area contributed by atoms with Gasteiger partial charge in [0.2, 0.25) is 0 Å². The summed E-state index contributed by atoms with van der Waals surface area (Å²) in [5, 5.41) is 6.10. The van der Waals surface area contributed by atoms with Crippen LogP contribution in [0.3, 0.4) is 0 Å². The minimum atomic E-state index is -0.496. The lowest BCUT2D eigenvalue weighted by atomic mass is 10.1. The molecule has 0 aliphatic carbocycles. The van der Waals surface area contributed by atoms with Gasteiger partial charge in [-0.05, 0) is 41.1 Å². The van der Waals surface area contributed by atoms with E-state index in [1.54, 1.807) is 32.4 Å². The summed E-state index contributed by atoms with van der Waals surface area (Å²) < 4.78 is 26.7. The van der Waals surface area contributed by atoms with E-state index in [9.17, 15) is 4.79 Å². The molecular weight excluding hydrogens is 398 g/mol. The molecule has 31 heavy (non-hydrogen) atoms. The first-order valence-corrected chi connectivity index (χ1v) is 9.61. The second-order valence-electron chi connectivity index (χ2n) is 6.71. The summed E-state index contributed by atoms with van der Waals surface area (Å²) in [7, 11) is 3.13. The molecule has 1 heterocycles. The van der Waals surface area contributed by atoms with E-state index in [4.69, 9.17) is 23.5 Å². The Balaban J connectivity index is 1.32. The van der Waals surface area contributed by atoms with Crippen molar-refractivity contribution in [3.05, 3.63) is 72.4 Å². The molecule has 0 amide bonds.